The normalized spacial score (nSPS) is 15.3. The van der Waals surface area contributed by atoms with E-state index in [1.807, 2.05) is 48.3 Å². The molecule has 0 spiro atoms. The Morgan fingerprint density at radius 1 is 1.10 bits per heavy atom. The van der Waals surface area contributed by atoms with Crippen LogP contribution in [0.5, 0.6) is 0 Å². The van der Waals surface area contributed by atoms with Crippen molar-refractivity contribution < 1.29 is 4.79 Å². The van der Waals surface area contributed by atoms with Gasteiger partial charge in [-0.05, 0) is 43.0 Å². The molecule has 2 N–H and O–H groups in total. The molecule has 0 atom stereocenters. The van der Waals surface area contributed by atoms with Gasteiger partial charge in [-0.2, -0.15) is 4.98 Å². The van der Waals surface area contributed by atoms with E-state index in [9.17, 15) is 4.79 Å². The summed E-state index contributed by atoms with van der Waals surface area (Å²) in [4.78, 5) is 31.5. The first kappa shape index (κ1) is 19.9. The number of hydrogen-bond acceptors (Lipinski definition) is 7. The number of nitrogens with one attached hydrogen (secondary N) is 2. The lowest BCUT2D eigenvalue weighted by Gasteiger charge is -2.17. The summed E-state index contributed by atoms with van der Waals surface area (Å²) < 4.78 is 0. The molecule has 0 aliphatic carbocycles. The minimum Gasteiger partial charge on any atom is -0.350 e. The molecule has 0 radical (unpaired) electrons. The molecule has 0 unspecified atom stereocenters. The molecule has 152 valence electrons. The van der Waals surface area contributed by atoms with Crippen LogP contribution in [0.15, 0.2) is 54.0 Å². The largest absolute Gasteiger partial charge is 0.350 e. The van der Waals surface area contributed by atoms with Gasteiger partial charge in [-0.25, -0.2) is 9.97 Å². The molecule has 3 aromatic rings. The molecule has 0 fully saturated rings. The molecule has 1 aromatic carbocycles. The van der Waals surface area contributed by atoms with Gasteiger partial charge in [-0.15, -0.1) is 0 Å². The van der Waals surface area contributed by atoms with Crippen molar-refractivity contribution in [2.75, 3.05) is 25.5 Å². The molecule has 0 saturated carbocycles. The maximum absolute atomic E-state index is 12.3. The summed E-state index contributed by atoms with van der Waals surface area (Å²) in [5.74, 6) is 0.859. The van der Waals surface area contributed by atoms with Crippen LogP contribution in [0.2, 0.25) is 0 Å². The number of pyridine rings is 1. The van der Waals surface area contributed by atoms with Crippen LogP contribution in [-0.2, 0) is 11.3 Å². The van der Waals surface area contributed by atoms with E-state index in [-0.39, 0.29) is 19.0 Å². The van der Waals surface area contributed by atoms with Gasteiger partial charge in [0, 0.05) is 29.0 Å². The zero-order valence-corrected chi connectivity index (χ0v) is 17.1. The first-order chi connectivity index (χ1) is 14.5. The first-order valence-corrected chi connectivity index (χ1v) is 9.76. The Bertz CT molecular complexity index is 1100. The summed E-state index contributed by atoms with van der Waals surface area (Å²) in [6, 6.07) is 11.6. The number of rotatable bonds is 0. The number of anilines is 2. The lowest BCUT2D eigenvalue weighted by molar-refractivity contribution is -0.121. The number of hydrogen-bond donors (Lipinski definition) is 2. The van der Waals surface area contributed by atoms with Crippen molar-refractivity contribution in [3.8, 4) is 11.4 Å². The Morgan fingerprint density at radius 3 is 2.90 bits per heavy atom. The molecule has 9 heteroatoms. The molecule has 3 heterocycles. The van der Waals surface area contributed by atoms with Gasteiger partial charge in [0.2, 0.25) is 11.9 Å². The fourth-order valence-electron chi connectivity index (χ4n) is 3.10. The average Bonchev–Trinajstić information content (AvgIpc) is 2.72. The van der Waals surface area contributed by atoms with Gasteiger partial charge in [0.15, 0.2) is 5.82 Å². The predicted molar refractivity (Wildman–Crippen MR) is 116 cm³/mol. The maximum atomic E-state index is 12.3. The van der Waals surface area contributed by atoms with Gasteiger partial charge < -0.3 is 10.6 Å². The van der Waals surface area contributed by atoms with Gasteiger partial charge in [0.05, 0.1) is 18.8 Å². The van der Waals surface area contributed by atoms with Gasteiger partial charge in [0.1, 0.15) is 6.33 Å². The number of aromatic nitrogens is 4. The number of benzene rings is 1. The summed E-state index contributed by atoms with van der Waals surface area (Å²) in [6.07, 6.45) is 4.85. The highest BCUT2D eigenvalue weighted by Crippen LogP contribution is 2.20. The van der Waals surface area contributed by atoms with Crippen LogP contribution in [0, 0.1) is 0 Å². The summed E-state index contributed by atoms with van der Waals surface area (Å²) in [6.45, 7) is 1.10. The first-order valence-electron chi connectivity index (χ1n) is 9.38. The number of fused-ring (bicyclic) bond motifs is 7. The summed E-state index contributed by atoms with van der Waals surface area (Å²) in [5, 5.41) is 6.52. The Morgan fingerprint density at radius 2 is 2.00 bits per heavy atom. The van der Waals surface area contributed by atoms with Gasteiger partial charge in [0.25, 0.3) is 0 Å². The van der Waals surface area contributed by atoms with Crippen molar-refractivity contribution >= 4 is 35.2 Å². The van der Waals surface area contributed by atoms with Crippen molar-refractivity contribution in [3.05, 3.63) is 65.2 Å². The van der Waals surface area contributed by atoms with Gasteiger partial charge in [-0.1, -0.05) is 23.7 Å². The Hall–Kier alpha value is -3.36. The van der Waals surface area contributed by atoms with Crippen molar-refractivity contribution in [1.82, 2.24) is 30.2 Å². The molecule has 1 aliphatic rings. The van der Waals surface area contributed by atoms with Crippen molar-refractivity contribution in [3.63, 3.8) is 0 Å². The van der Waals surface area contributed by atoms with Crippen LogP contribution in [0.4, 0.5) is 11.6 Å². The van der Waals surface area contributed by atoms with E-state index in [0.717, 1.165) is 16.8 Å². The minimum atomic E-state index is -0.103. The molecule has 30 heavy (non-hydrogen) atoms. The van der Waals surface area contributed by atoms with Crippen LogP contribution in [-0.4, -0.2) is 50.9 Å². The van der Waals surface area contributed by atoms with Crippen molar-refractivity contribution in [1.29, 1.82) is 0 Å². The lowest BCUT2D eigenvalue weighted by Crippen LogP contribution is -2.35. The topological polar surface area (TPSA) is 95.9 Å². The Labute approximate surface area is 179 Å². The molecule has 2 aromatic heterocycles. The molecule has 1 aliphatic heterocycles. The summed E-state index contributed by atoms with van der Waals surface area (Å²) in [5.41, 5.74) is 3.34. The maximum Gasteiger partial charge on any atom is 0.234 e. The number of carbonyl (C=O) groups excluding carboxylic acids is 1. The van der Waals surface area contributed by atoms with Crippen LogP contribution >= 0.6 is 11.6 Å². The molecule has 8 nitrogen and oxygen atoms in total. The van der Waals surface area contributed by atoms with E-state index >= 15 is 0 Å². The molecular weight excluding hydrogens is 402 g/mol. The third-order valence-corrected chi connectivity index (χ3v) is 4.66. The number of halogens is 1. The highest BCUT2D eigenvalue weighted by atomic mass is 35.5. The third-order valence-electron chi connectivity index (χ3n) is 4.42. The quantitative estimate of drug-likeness (QED) is 0.576. The monoisotopic (exact) mass is 421 g/mol. The smallest absolute Gasteiger partial charge is 0.234 e. The minimum absolute atomic E-state index is 0.103. The Balaban J connectivity index is 1.72. The van der Waals surface area contributed by atoms with E-state index in [1.165, 1.54) is 6.33 Å². The summed E-state index contributed by atoms with van der Waals surface area (Å²) in [7, 11) is 1.89. The number of carbonyl (C=O) groups is 1. The fourth-order valence-corrected chi connectivity index (χ4v) is 3.28. The lowest BCUT2D eigenvalue weighted by atomic mass is 10.2. The van der Waals surface area contributed by atoms with Crippen LogP contribution in [0.3, 0.4) is 0 Å². The van der Waals surface area contributed by atoms with Crippen molar-refractivity contribution in [2.24, 2.45) is 0 Å². The second-order valence-corrected chi connectivity index (χ2v) is 7.45. The number of nitrogens with zero attached hydrogens (tertiary/aromatic N) is 5. The van der Waals surface area contributed by atoms with Gasteiger partial charge >= 0.3 is 0 Å². The van der Waals surface area contributed by atoms with E-state index in [2.05, 4.69) is 30.6 Å². The molecule has 1 amide bonds. The van der Waals surface area contributed by atoms with E-state index in [4.69, 9.17) is 11.6 Å². The molecule has 6 bridgehead atoms. The average molecular weight is 422 g/mol. The van der Waals surface area contributed by atoms with Crippen LogP contribution in [0.1, 0.15) is 11.3 Å². The van der Waals surface area contributed by atoms with E-state index < -0.39 is 0 Å². The standard InChI is InChI=1S/C21H20ClN7O/c1-29-11-14-3-2-4-17(7-14)27-21-26-13-25-20(28-21)15-5-6-23-18(8-15)9-16(22)10-24-19(30)12-29/h2-9,13H,10-12H2,1H3,(H,24,30)(H,25,26,27,28). The van der Waals surface area contributed by atoms with Crippen LogP contribution < -0.4 is 10.6 Å². The number of likely N-dealkylation sites (N-methyl/N-ethyl adjacent to an activating group) is 1. The second kappa shape index (κ2) is 8.98. The SMILES string of the molecule is CN1CC(=O)NCC(Cl)=Cc2cc(ccn2)-c2ncnc(n2)Nc2cccc(c2)C1. The zero-order chi connectivity index (χ0) is 20.9. The highest BCUT2D eigenvalue weighted by Gasteiger charge is 2.10. The van der Waals surface area contributed by atoms with Gasteiger partial charge in [-0.3, -0.25) is 14.7 Å². The van der Waals surface area contributed by atoms with Crippen LogP contribution in [0.25, 0.3) is 17.5 Å². The molecule has 4 rings (SSSR count). The highest BCUT2D eigenvalue weighted by molar-refractivity contribution is 6.31. The third kappa shape index (κ3) is 5.16. The van der Waals surface area contributed by atoms with Crippen molar-refractivity contribution in [2.45, 2.75) is 6.54 Å². The number of amides is 1. The molecule has 0 saturated heterocycles. The fraction of sp³-hybridized carbons (Fsp3) is 0.190. The Kier molecular flexibility index (Phi) is 5.97. The predicted octanol–water partition coefficient (Wildman–Crippen LogP) is 2.82. The summed E-state index contributed by atoms with van der Waals surface area (Å²) >= 11 is 6.30. The second-order valence-electron chi connectivity index (χ2n) is 6.97. The van der Waals surface area contributed by atoms with E-state index in [0.29, 0.717) is 29.0 Å². The molecular formula is C21H20ClN7O. The zero-order valence-electron chi connectivity index (χ0n) is 16.3. The van der Waals surface area contributed by atoms with E-state index in [1.54, 1.807) is 12.3 Å².